The normalized spacial score (nSPS) is 19.1. The molecule has 2 aliphatic rings. The molecular formula is C13H13N3O2. The molecule has 0 unspecified atom stereocenters. The molecule has 2 amide bonds. The van der Waals surface area contributed by atoms with Crippen LogP contribution in [0.15, 0.2) is 29.3 Å². The molecule has 5 heteroatoms. The van der Waals surface area contributed by atoms with E-state index >= 15 is 0 Å². The topological polar surface area (TPSA) is 61.8 Å². The van der Waals surface area contributed by atoms with Crippen LogP contribution in [0.2, 0.25) is 0 Å². The third-order valence-corrected chi connectivity index (χ3v) is 3.15. The first-order chi connectivity index (χ1) is 8.75. The molecule has 0 aromatic heterocycles. The van der Waals surface area contributed by atoms with Crippen LogP contribution >= 0.6 is 0 Å². The number of piperidine rings is 1. The number of anilines is 1. The smallest absolute Gasteiger partial charge is 0.236 e. The summed E-state index contributed by atoms with van der Waals surface area (Å²) in [5, 5.41) is 3.06. The Kier molecular flexibility index (Phi) is 2.59. The Hall–Kier alpha value is -2.17. The number of carbonyl (C=O) groups is 2. The molecule has 1 aromatic rings. The van der Waals surface area contributed by atoms with Crippen molar-refractivity contribution < 1.29 is 9.59 Å². The number of amides is 2. The monoisotopic (exact) mass is 243 g/mol. The number of nitrogens with one attached hydrogen (secondary N) is 1. The van der Waals surface area contributed by atoms with Crippen LogP contribution in [0.4, 0.5) is 5.69 Å². The maximum Gasteiger partial charge on any atom is 0.236 e. The second-order valence-corrected chi connectivity index (χ2v) is 4.40. The van der Waals surface area contributed by atoms with Gasteiger partial charge in [0, 0.05) is 18.5 Å². The van der Waals surface area contributed by atoms with Crippen molar-refractivity contribution in [1.29, 1.82) is 0 Å². The third kappa shape index (κ3) is 1.77. The van der Waals surface area contributed by atoms with Crippen molar-refractivity contribution in [2.45, 2.75) is 25.8 Å². The number of carbonyl (C=O) groups excluding carboxylic acids is 2. The molecule has 92 valence electrons. The van der Waals surface area contributed by atoms with Crippen molar-refractivity contribution in [3.63, 3.8) is 0 Å². The molecule has 3 rings (SSSR count). The largest absolute Gasteiger partial charge is 0.325 e. The van der Waals surface area contributed by atoms with Crippen molar-refractivity contribution >= 4 is 23.5 Å². The predicted octanol–water partition coefficient (Wildman–Crippen LogP) is 1.51. The van der Waals surface area contributed by atoms with Crippen LogP contribution in [0.3, 0.4) is 0 Å². The molecule has 0 radical (unpaired) electrons. The molecule has 5 nitrogen and oxygen atoms in total. The lowest BCUT2D eigenvalue weighted by Crippen LogP contribution is -2.48. The van der Waals surface area contributed by atoms with E-state index in [2.05, 4.69) is 10.3 Å². The van der Waals surface area contributed by atoms with Gasteiger partial charge in [0.15, 0.2) is 0 Å². The van der Waals surface area contributed by atoms with E-state index in [1.807, 2.05) is 24.3 Å². The number of rotatable bonds is 0. The zero-order valence-electron chi connectivity index (χ0n) is 9.85. The number of guanidine groups is 1. The van der Waals surface area contributed by atoms with Crippen molar-refractivity contribution in [3.05, 3.63) is 29.8 Å². The number of fused-ring (bicyclic) bond motifs is 1. The quantitative estimate of drug-likeness (QED) is 0.702. The highest BCUT2D eigenvalue weighted by molar-refractivity contribution is 6.17. The SMILES string of the molecule is O=C1CCCC(=O)N1C1=NCc2ccccc2N1. The Morgan fingerprint density at radius 2 is 1.83 bits per heavy atom. The Morgan fingerprint density at radius 1 is 1.11 bits per heavy atom. The van der Waals surface area contributed by atoms with Crippen molar-refractivity contribution in [3.8, 4) is 0 Å². The molecule has 0 bridgehead atoms. The lowest BCUT2D eigenvalue weighted by atomic mass is 10.1. The Bertz CT molecular complexity index is 535. The molecule has 1 saturated heterocycles. The van der Waals surface area contributed by atoms with E-state index in [0.29, 0.717) is 31.8 Å². The first kappa shape index (κ1) is 11.0. The summed E-state index contributed by atoms with van der Waals surface area (Å²) in [5.74, 6) is 0.0252. The number of para-hydroxylation sites is 1. The highest BCUT2D eigenvalue weighted by atomic mass is 16.2. The van der Waals surface area contributed by atoms with Crippen LogP contribution in [0.5, 0.6) is 0 Å². The zero-order valence-corrected chi connectivity index (χ0v) is 9.85. The van der Waals surface area contributed by atoms with E-state index in [-0.39, 0.29) is 11.8 Å². The molecule has 2 heterocycles. The Labute approximate surface area is 105 Å². The van der Waals surface area contributed by atoms with Gasteiger partial charge in [-0.25, -0.2) is 9.89 Å². The number of hydrogen-bond acceptors (Lipinski definition) is 4. The second kappa shape index (κ2) is 4.25. The predicted molar refractivity (Wildman–Crippen MR) is 66.9 cm³/mol. The van der Waals surface area contributed by atoms with Gasteiger partial charge in [0.2, 0.25) is 17.8 Å². The van der Waals surface area contributed by atoms with Gasteiger partial charge in [-0.3, -0.25) is 9.59 Å². The number of nitrogens with zero attached hydrogens (tertiary/aromatic N) is 2. The average Bonchev–Trinajstić information content (AvgIpc) is 2.38. The molecule has 0 aliphatic carbocycles. The highest BCUT2D eigenvalue weighted by Crippen LogP contribution is 2.22. The fourth-order valence-electron chi connectivity index (χ4n) is 2.22. The van der Waals surface area contributed by atoms with Crippen LogP contribution in [0.25, 0.3) is 0 Å². The van der Waals surface area contributed by atoms with E-state index in [9.17, 15) is 9.59 Å². The minimum Gasteiger partial charge on any atom is -0.325 e. The second-order valence-electron chi connectivity index (χ2n) is 4.40. The maximum absolute atomic E-state index is 11.8. The number of likely N-dealkylation sites (tertiary alicyclic amines) is 1. The van der Waals surface area contributed by atoms with Crippen LogP contribution < -0.4 is 5.32 Å². The molecule has 0 saturated carbocycles. The molecule has 1 N–H and O–H groups in total. The number of aliphatic imine (C=N–C) groups is 1. The molecule has 0 atom stereocenters. The first-order valence-corrected chi connectivity index (χ1v) is 6.01. The van der Waals surface area contributed by atoms with E-state index in [4.69, 9.17) is 0 Å². The summed E-state index contributed by atoms with van der Waals surface area (Å²) in [6.07, 6.45) is 1.46. The average molecular weight is 243 g/mol. The van der Waals surface area contributed by atoms with E-state index in [1.165, 1.54) is 4.90 Å². The minimum absolute atomic E-state index is 0.170. The van der Waals surface area contributed by atoms with Gasteiger partial charge in [-0.05, 0) is 18.1 Å². The Balaban J connectivity index is 1.89. The first-order valence-electron chi connectivity index (χ1n) is 6.01. The number of hydrogen-bond donors (Lipinski definition) is 1. The summed E-state index contributed by atoms with van der Waals surface area (Å²) in [6, 6.07) is 7.75. The van der Waals surface area contributed by atoms with Gasteiger partial charge in [-0.1, -0.05) is 18.2 Å². The highest BCUT2D eigenvalue weighted by Gasteiger charge is 2.31. The maximum atomic E-state index is 11.8. The van der Waals surface area contributed by atoms with Gasteiger partial charge >= 0.3 is 0 Å². The van der Waals surface area contributed by atoms with E-state index in [0.717, 1.165) is 11.3 Å². The lowest BCUT2D eigenvalue weighted by molar-refractivity contribution is -0.142. The molecule has 2 aliphatic heterocycles. The fourth-order valence-corrected chi connectivity index (χ4v) is 2.22. The van der Waals surface area contributed by atoms with E-state index < -0.39 is 0 Å². The zero-order chi connectivity index (χ0) is 12.5. The van der Waals surface area contributed by atoms with Crippen molar-refractivity contribution in [2.75, 3.05) is 5.32 Å². The summed E-state index contributed by atoms with van der Waals surface area (Å²) in [4.78, 5) is 29.1. The summed E-state index contributed by atoms with van der Waals surface area (Å²) in [5.41, 5.74) is 1.98. The van der Waals surface area contributed by atoms with Crippen LogP contribution in [-0.4, -0.2) is 22.7 Å². The molecular weight excluding hydrogens is 230 g/mol. The molecule has 0 spiro atoms. The summed E-state index contributed by atoms with van der Waals surface area (Å²) in [7, 11) is 0. The van der Waals surface area contributed by atoms with Gasteiger partial charge in [0.25, 0.3) is 0 Å². The van der Waals surface area contributed by atoms with E-state index in [1.54, 1.807) is 0 Å². The van der Waals surface area contributed by atoms with Gasteiger partial charge in [0.1, 0.15) is 0 Å². The summed E-state index contributed by atoms with van der Waals surface area (Å²) in [6.45, 7) is 0.496. The van der Waals surface area contributed by atoms with Gasteiger partial charge in [0.05, 0.1) is 6.54 Å². The van der Waals surface area contributed by atoms with Gasteiger partial charge in [-0.2, -0.15) is 0 Å². The van der Waals surface area contributed by atoms with Crippen molar-refractivity contribution in [1.82, 2.24) is 4.90 Å². The minimum atomic E-state index is -0.170. The Morgan fingerprint density at radius 3 is 2.61 bits per heavy atom. The van der Waals surface area contributed by atoms with Crippen LogP contribution in [0, 0.1) is 0 Å². The lowest BCUT2D eigenvalue weighted by Gasteiger charge is -2.29. The summed E-state index contributed by atoms with van der Waals surface area (Å²) >= 11 is 0. The molecule has 18 heavy (non-hydrogen) atoms. The third-order valence-electron chi connectivity index (χ3n) is 3.15. The van der Waals surface area contributed by atoms with Gasteiger partial charge in [-0.15, -0.1) is 0 Å². The van der Waals surface area contributed by atoms with Crippen molar-refractivity contribution in [2.24, 2.45) is 4.99 Å². The standard InChI is InChI=1S/C13H13N3O2/c17-11-6-3-7-12(18)16(11)13-14-8-9-4-1-2-5-10(9)15-13/h1-2,4-5H,3,6-8H2,(H,14,15). The molecule has 1 aromatic carbocycles. The number of imide groups is 1. The fraction of sp³-hybridized carbons (Fsp3) is 0.308. The number of benzene rings is 1. The van der Waals surface area contributed by atoms with Gasteiger partial charge < -0.3 is 5.32 Å². The molecule has 1 fully saturated rings. The van der Waals surface area contributed by atoms with Crippen LogP contribution in [0.1, 0.15) is 24.8 Å². The van der Waals surface area contributed by atoms with Crippen LogP contribution in [-0.2, 0) is 16.1 Å². The summed E-state index contributed by atoms with van der Waals surface area (Å²) < 4.78 is 0.